The van der Waals surface area contributed by atoms with Crippen molar-refractivity contribution in [2.75, 3.05) is 34.4 Å². The highest BCUT2D eigenvalue weighted by Gasteiger charge is 2.33. The van der Waals surface area contributed by atoms with Crippen molar-refractivity contribution in [3.63, 3.8) is 0 Å². The van der Waals surface area contributed by atoms with Gasteiger partial charge in [-0.05, 0) is 43.4 Å². The number of piperidine rings is 1. The molecule has 0 radical (unpaired) electrons. The molecule has 0 aromatic heterocycles. The summed E-state index contributed by atoms with van der Waals surface area (Å²) in [5.74, 6) is -1.47. The van der Waals surface area contributed by atoms with E-state index < -0.39 is 17.9 Å². The monoisotopic (exact) mass is 425 g/mol. The van der Waals surface area contributed by atoms with Crippen molar-refractivity contribution in [1.82, 2.24) is 4.90 Å². The average molecular weight is 426 g/mol. The number of benzene rings is 1. The van der Waals surface area contributed by atoms with Gasteiger partial charge < -0.3 is 19.1 Å². The summed E-state index contributed by atoms with van der Waals surface area (Å²) in [5.41, 5.74) is 0.961. The number of thioether (sulfide) groups is 1. The summed E-state index contributed by atoms with van der Waals surface area (Å²) in [5, 5.41) is -0.191. The Bertz CT molecular complexity index is 658. The molecule has 2 rings (SSSR count). The van der Waals surface area contributed by atoms with Crippen LogP contribution in [-0.4, -0.2) is 55.6 Å². The van der Waals surface area contributed by atoms with Crippen molar-refractivity contribution in [2.24, 2.45) is 5.92 Å². The van der Waals surface area contributed by atoms with E-state index in [4.69, 9.17) is 26.4 Å². The minimum absolute atomic E-state index is 0.191. The third kappa shape index (κ3) is 6.10. The number of carbonyl (C=O) groups excluding carboxylic acids is 2. The summed E-state index contributed by atoms with van der Waals surface area (Å²) in [6.07, 6.45) is 3.71. The van der Waals surface area contributed by atoms with Crippen LogP contribution in [0, 0.1) is 5.92 Å². The molecule has 154 valence electrons. The molecule has 1 saturated heterocycles. The van der Waals surface area contributed by atoms with E-state index in [0.29, 0.717) is 0 Å². The maximum Gasteiger partial charge on any atom is 0.320 e. The molecule has 1 aromatic carbocycles. The van der Waals surface area contributed by atoms with Crippen molar-refractivity contribution < 1.29 is 23.8 Å². The minimum Gasteiger partial charge on any atom is -0.497 e. The minimum atomic E-state index is -1.00. The largest absolute Gasteiger partial charge is 0.497 e. The number of esters is 2. The predicted molar refractivity (Wildman–Crippen MR) is 113 cm³/mol. The molecule has 0 aliphatic carbocycles. The lowest BCUT2D eigenvalue weighted by atomic mass is 9.99. The summed E-state index contributed by atoms with van der Waals surface area (Å²) in [7, 11) is 4.15. The van der Waals surface area contributed by atoms with Crippen LogP contribution in [0.15, 0.2) is 24.3 Å². The van der Waals surface area contributed by atoms with Crippen molar-refractivity contribution >= 4 is 40.2 Å². The molecule has 1 aliphatic heterocycles. The van der Waals surface area contributed by atoms with Gasteiger partial charge in [0, 0.05) is 18.3 Å². The predicted octanol–water partition coefficient (Wildman–Crippen LogP) is 3.59. The van der Waals surface area contributed by atoms with Gasteiger partial charge in [0.2, 0.25) is 0 Å². The number of rotatable bonds is 7. The highest BCUT2D eigenvalue weighted by Crippen LogP contribution is 2.38. The number of nitrogens with zero attached hydrogens (tertiary/aromatic N) is 1. The Morgan fingerprint density at radius 2 is 1.61 bits per heavy atom. The smallest absolute Gasteiger partial charge is 0.320 e. The Labute approximate surface area is 175 Å². The summed E-state index contributed by atoms with van der Waals surface area (Å²) in [6, 6.07) is 7.58. The van der Waals surface area contributed by atoms with Gasteiger partial charge in [0.1, 0.15) is 10.1 Å². The number of ether oxygens (including phenoxy) is 3. The molecule has 0 N–H and O–H groups in total. The second-order valence-corrected chi connectivity index (χ2v) is 8.36. The van der Waals surface area contributed by atoms with Crippen LogP contribution < -0.4 is 4.74 Å². The SMILES string of the molecule is COC(=O)C(CC(SC(=S)N1CCCCC1)c1ccc(OC)cc1)C(=O)OC. The lowest BCUT2D eigenvalue weighted by Crippen LogP contribution is -2.33. The van der Waals surface area contributed by atoms with Crippen molar-refractivity contribution in [1.29, 1.82) is 0 Å². The van der Waals surface area contributed by atoms with Gasteiger partial charge in [0.05, 0.1) is 21.3 Å². The van der Waals surface area contributed by atoms with E-state index in [-0.39, 0.29) is 11.7 Å². The van der Waals surface area contributed by atoms with Crippen LogP contribution in [0.4, 0.5) is 0 Å². The summed E-state index contributed by atoms with van der Waals surface area (Å²) in [6.45, 7) is 1.89. The Balaban J connectivity index is 2.24. The van der Waals surface area contributed by atoms with E-state index in [9.17, 15) is 9.59 Å². The molecule has 0 bridgehead atoms. The van der Waals surface area contributed by atoms with E-state index in [1.165, 1.54) is 32.4 Å². The molecule has 1 fully saturated rings. The quantitative estimate of drug-likeness (QED) is 0.373. The van der Waals surface area contributed by atoms with E-state index >= 15 is 0 Å². The Hall–Kier alpha value is -1.80. The van der Waals surface area contributed by atoms with Crippen LogP contribution >= 0.6 is 24.0 Å². The van der Waals surface area contributed by atoms with Crippen LogP contribution in [0.25, 0.3) is 0 Å². The van der Waals surface area contributed by atoms with Crippen LogP contribution in [0.5, 0.6) is 5.75 Å². The number of carbonyl (C=O) groups is 2. The second kappa shape index (κ2) is 11.3. The third-order valence-corrected chi connectivity index (χ3v) is 6.52. The van der Waals surface area contributed by atoms with E-state index in [2.05, 4.69) is 4.90 Å². The number of hydrogen-bond acceptors (Lipinski definition) is 7. The zero-order valence-electron chi connectivity index (χ0n) is 16.5. The molecule has 6 nitrogen and oxygen atoms in total. The molecule has 1 unspecified atom stereocenters. The molecule has 0 amide bonds. The van der Waals surface area contributed by atoms with Crippen LogP contribution in [-0.2, 0) is 19.1 Å². The Morgan fingerprint density at radius 1 is 1.04 bits per heavy atom. The maximum atomic E-state index is 12.2. The fourth-order valence-corrected chi connectivity index (χ4v) is 4.82. The van der Waals surface area contributed by atoms with Crippen molar-refractivity contribution in [2.45, 2.75) is 30.9 Å². The highest BCUT2D eigenvalue weighted by molar-refractivity contribution is 8.23. The maximum absolute atomic E-state index is 12.2. The Kier molecular flexibility index (Phi) is 9.05. The topological polar surface area (TPSA) is 65.1 Å². The zero-order valence-corrected chi connectivity index (χ0v) is 18.1. The molecule has 1 aromatic rings. The summed E-state index contributed by atoms with van der Waals surface area (Å²) in [4.78, 5) is 26.5. The van der Waals surface area contributed by atoms with Gasteiger partial charge in [-0.3, -0.25) is 9.59 Å². The van der Waals surface area contributed by atoms with Gasteiger partial charge in [-0.15, -0.1) is 0 Å². The third-order valence-electron chi connectivity index (χ3n) is 4.77. The van der Waals surface area contributed by atoms with E-state index in [1.54, 1.807) is 7.11 Å². The summed E-state index contributed by atoms with van der Waals surface area (Å²) >= 11 is 7.17. The van der Waals surface area contributed by atoms with E-state index in [0.717, 1.165) is 41.6 Å². The molecule has 8 heteroatoms. The number of likely N-dealkylation sites (tertiary alicyclic amines) is 1. The second-order valence-electron chi connectivity index (χ2n) is 6.53. The van der Waals surface area contributed by atoms with E-state index in [1.807, 2.05) is 24.3 Å². The normalized spacial score (nSPS) is 15.1. The van der Waals surface area contributed by atoms with Crippen LogP contribution in [0.2, 0.25) is 0 Å². The molecule has 1 atom stereocenters. The fourth-order valence-electron chi connectivity index (χ4n) is 3.13. The first-order valence-electron chi connectivity index (χ1n) is 9.25. The molecule has 1 heterocycles. The lowest BCUT2D eigenvalue weighted by molar-refractivity contribution is -0.159. The number of methoxy groups -OCH3 is 3. The van der Waals surface area contributed by atoms with Gasteiger partial charge in [-0.1, -0.05) is 36.1 Å². The number of hydrogen-bond donors (Lipinski definition) is 0. The fraction of sp³-hybridized carbons (Fsp3) is 0.550. The van der Waals surface area contributed by atoms with Crippen LogP contribution in [0.3, 0.4) is 0 Å². The molecule has 0 saturated carbocycles. The van der Waals surface area contributed by atoms with Crippen molar-refractivity contribution in [3.8, 4) is 5.75 Å². The van der Waals surface area contributed by atoms with Crippen molar-refractivity contribution in [3.05, 3.63) is 29.8 Å². The molecular weight excluding hydrogens is 398 g/mol. The Morgan fingerprint density at radius 3 is 2.11 bits per heavy atom. The highest BCUT2D eigenvalue weighted by atomic mass is 32.2. The molecule has 0 spiro atoms. The van der Waals surface area contributed by atoms with Gasteiger partial charge >= 0.3 is 11.9 Å². The molecule has 1 aliphatic rings. The van der Waals surface area contributed by atoms with Gasteiger partial charge in [-0.2, -0.15) is 0 Å². The molecular formula is C20H27NO5S2. The van der Waals surface area contributed by atoms with Gasteiger partial charge in [0.15, 0.2) is 5.92 Å². The first kappa shape index (κ1) is 22.5. The zero-order chi connectivity index (χ0) is 20.5. The van der Waals surface area contributed by atoms with Crippen LogP contribution in [0.1, 0.15) is 36.5 Å². The summed E-state index contributed by atoms with van der Waals surface area (Å²) < 4.78 is 15.6. The van der Waals surface area contributed by atoms with Gasteiger partial charge in [-0.25, -0.2) is 0 Å². The molecule has 28 heavy (non-hydrogen) atoms. The first-order valence-corrected chi connectivity index (χ1v) is 10.5. The lowest BCUT2D eigenvalue weighted by Gasteiger charge is -2.31. The first-order chi connectivity index (χ1) is 13.5. The average Bonchev–Trinajstić information content (AvgIpc) is 2.76. The van der Waals surface area contributed by atoms with Gasteiger partial charge in [0.25, 0.3) is 0 Å². The standard InChI is InChI=1S/C20H27NO5S2/c1-24-15-9-7-14(8-10-15)17(13-16(18(22)25-2)19(23)26-3)28-20(27)21-11-5-4-6-12-21/h7-10,16-17H,4-6,11-13H2,1-3H3. The number of thiocarbonyl (C=S) groups is 1.